The number of carbonyl (C=O) groups excluding carboxylic acids is 2. The second-order valence-electron chi connectivity index (χ2n) is 3.10. The fraction of sp³-hybridized carbons (Fsp3) is 0.111. The van der Waals surface area contributed by atoms with E-state index in [2.05, 4.69) is 10.6 Å². The zero-order valence-electron chi connectivity index (χ0n) is 8.87. The third-order valence-corrected chi connectivity index (χ3v) is 1.73. The molecule has 0 fully saturated rings. The second kappa shape index (κ2) is 5.08. The maximum atomic E-state index is 13.2. The smallest absolute Gasteiger partial charge is 0.349 e. The van der Waals surface area contributed by atoms with Crippen molar-refractivity contribution in [2.24, 2.45) is 5.73 Å². The number of halogens is 5. The predicted octanol–water partition coefficient (Wildman–Crippen LogP) is 1.87. The van der Waals surface area contributed by atoms with E-state index in [1.807, 2.05) is 0 Å². The predicted molar refractivity (Wildman–Crippen MR) is 50.6 cm³/mol. The number of amides is 2. The number of hydrogen-bond donors (Lipinski definition) is 1. The molecule has 2 N–H and O–H groups in total. The quantitative estimate of drug-likeness (QED) is 0.632. The summed E-state index contributed by atoms with van der Waals surface area (Å²) in [4.78, 5) is 25.0. The summed E-state index contributed by atoms with van der Waals surface area (Å²) >= 11 is 0. The monoisotopic (exact) mass is 284 g/mol. The van der Waals surface area contributed by atoms with Gasteiger partial charge in [0.1, 0.15) is 11.5 Å². The van der Waals surface area contributed by atoms with E-state index in [-0.39, 0.29) is 0 Å². The van der Waals surface area contributed by atoms with E-state index < -0.39 is 40.6 Å². The largest absolute Gasteiger partial charge is 0.493 e. The average Bonchev–Trinajstić information content (AvgIpc) is 2.27. The van der Waals surface area contributed by atoms with Gasteiger partial charge in [0.2, 0.25) is 0 Å². The number of nitrogens with zero attached hydrogens (tertiary/aromatic N) is 1. The summed E-state index contributed by atoms with van der Waals surface area (Å²) in [5.41, 5.74) is 3.57. The maximum Gasteiger partial charge on any atom is 0.493 e. The zero-order chi connectivity index (χ0) is 14.8. The Morgan fingerprint density at radius 2 is 1.79 bits per heavy atom. The molecule has 0 atom stereocenters. The molecule has 0 saturated carbocycles. The van der Waals surface area contributed by atoms with Crippen LogP contribution in [-0.2, 0) is 9.63 Å². The molecule has 0 heterocycles. The number of hydrogen-bond acceptors (Lipinski definition) is 3. The number of carbonyl (C=O) groups is 2. The Labute approximate surface area is 102 Å². The van der Waals surface area contributed by atoms with Gasteiger partial charge in [-0.1, -0.05) is 0 Å². The van der Waals surface area contributed by atoms with Gasteiger partial charge in [-0.15, -0.1) is 5.06 Å². The van der Waals surface area contributed by atoms with Crippen molar-refractivity contribution in [3.8, 4) is 0 Å². The lowest BCUT2D eigenvalue weighted by Crippen LogP contribution is -2.42. The van der Waals surface area contributed by atoms with Crippen LogP contribution in [0.3, 0.4) is 0 Å². The highest BCUT2D eigenvalue weighted by molar-refractivity contribution is 5.91. The molecule has 0 radical (unpaired) electrons. The minimum atomic E-state index is -5.43. The van der Waals surface area contributed by atoms with E-state index in [1.165, 1.54) is 0 Å². The number of urea groups is 1. The molecule has 5 nitrogen and oxygen atoms in total. The fourth-order valence-electron chi connectivity index (χ4n) is 0.989. The minimum Gasteiger partial charge on any atom is -0.349 e. The van der Waals surface area contributed by atoms with Crippen molar-refractivity contribution >= 4 is 17.7 Å². The van der Waals surface area contributed by atoms with Crippen molar-refractivity contribution in [3.63, 3.8) is 0 Å². The summed E-state index contributed by atoms with van der Waals surface area (Å²) < 4.78 is 61.9. The molecular weight excluding hydrogens is 279 g/mol. The van der Waals surface area contributed by atoms with Crippen LogP contribution in [0.2, 0.25) is 0 Å². The van der Waals surface area contributed by atoms with Gasteiger partial charge in [0.15, 0.2) is 5.82 Å². The summed E-state index contributed by atoms with van der Waals surface area (Å²) in [6, 6.07) is -0.239. The van der Waals surface area contributed by atoms with Gasteiger partial charge in [-0.05, 0) is 12.1 Å². The molecule has 0 unspecified atom stereocenters. The molecule has 0 bridgehead atoms. The number of benzene rings is 1. The molecule has 0 spiro atoms. The molecule has 104 valence electrons. The van der Waals surface area contributed by atoms with Crippen LogP contribution in [-0.4, -0.2) is 18.2 Å². The Bertz CT molecular complexity index is 517. The first-order chi connectivity index (χ1) is 8.62. The van der Waals surface area contributed by atoms with Crippen molar-refractivity contribution in [3.05, 3.63) is 29.8 Å². The van der Waals surface area contributed by atoms with E-state index >= 15 is 0 Å². The Hall–Kier alpha value is -2.39. The van der Waals surface area contributed by atoms with Crippen molar-refractivity contribution < 1.29 is 36.4 Å². The SMILES string of the molecule is NC(=O)N(OC(=O)C(F)(F)F)c1cc(F)ccc1F. The number of hydroxylamine groups is 1. The Balaban J connectivity index is 3.12. The van der Waals surface area contributed by atoms with Crippen LogP contribution in [0.4, 0.5) is 32.4 Å². The lowest BCUT2D eigenvalue weighted by atomic mass is 10.3. The van der Waals surface area contributed by atoms with Crippen LogP contribution >= 0.6 is 0 Å². The Morgan fingerprint density at radius 1 is 1.21 bits per heavy atom. The Kier molecular flexibility index (Phi) is 3.92. The van der Waals surface area contributed by atoms with Gasteiger partial charge < -0.3 is 10.6 Å². The number of alkyl halides is 3. The molecule has 0 saturated heterocycles. The van der Waals surface area contributed by atoms with Crippen LogP contribution in [0.25, 0.3) is 0 Å². The van der Waals surface area contributed by atoms with Crippen LogP contribution < -0.4 is 10.8 Å². The molecule has 0 aliphatic heterocycles. The van der Waals surface area contributed by atoms with Gasteiger partial charge >= 0.3 is 18.2 Å². The summed E-state index contributed by atoms with van der Waals surface area (Å²) in [7, 11) is 0. The molecule has 0 aliphatic carbocycles. The molecule has 0 aliphatic rings. The highest BCUT2D eigenvalue weighted by Gasteiger charge is 2.43. The van der Waals surface area contributed by atoms with Crippen molar-refractivity contribution in [1.29, 1.82) is 0 Å². The van der Waals surface area contributed by atoms with Crippen LogP contribution in [0.1, 0.15) is 0 Å². The van der Waals surface area contributed by atoms with Gasteiger partial charge in [0, 0.05) is 6.07 Å². The summed E-state index contributed by atoms with van der Waals surface area (Å²) in [5, 5.41) is -0.492. The van der Waals surface area contributed by atoms with E-state index in [1.54, 1.807) is 0 Å². The zero-order valence-corrected chi connectivity index (χ0v) is 8.87. The first-order valence-electron chi connectivity index (χ1n) is 4.46. The van der Waals surface area contributed by atoms with Gasteiger partial charge in [-0.25, -0.2) is 18.4 Å². The highest BCUT2D eigenvalue weighted by atomic mass is 19.4. The van der Waals surface area contributed by atoms with E-state index in [9.17, 15) is 31.5 Å². The van der Waals surface area contributed by atoms with E-state index in [0.29, 0.717) is 18.2 Å². The van der Waals surface area contributed by atoms with E-state index in [0.717, 1.165) is 0 Å². The highest BCUT2D eigenvalue weighted by Crippen LogP contribution is 2.24. The summed E-state index contributed by atoms with van der Waals surface area (Å²) in [6.45, 7) is 0. The molecule has 0 aromatic heterocycles. The summed E-state index contributed by atoms with van der Waals surface area (Å²) in [5.74, 6) is -5.20. The van der Waals surface area contributed by atoms with Crippen molar-refractivity contribution in [2.45, 2.75) is 6.18 Å². The molecule has 10 heteroatoms. The molecular formula is C9H5F5N2O3. The topological polar surface area (TPSA) is 72.6 Å². The molecule has 2 amide bonds. The van der Waals surface area contributed by atoms with Crippen LogP contribution in [0.15, 0.2) is 18.2 Å². The van der Waals surface area contributed by atoms with E-state index in [4.69, 9.17) is 0 Å². The number of rotatable bonds is 1. The van der Waals surface area contributed by atoms with Crippen molar-refractivity contribution in [1.82, 2.24) is 0 Å². The second-order valence-corrected chi connectivity index (χ2v) is 3.10. The third-order valence-electron chi connectivity index (χ3n) is 1.73. The number of primary amides is 1. The van der Waals surface area contributed by atoms with Gasteiger partial charge in [-0.3, -0.25) is 0 Å². The minimum absolute atomic E-state index is 0.337. The Morgan fingerprint density at radius 3 is 2.26 bits per heavy atom. The maximum absolute atomic E-state index is 13.2. The standard InChI is InChI=1S/C9H5F5N2O3/c10-4-1-2-5(11)6(3-4)16(8(15)18)19-7(17)9(12,13)14/h1-3H,(H2,15,18). The number of anilines is 1. The first kappa shape index (κ1) is 14.7. The fourth-order valence-corrected chi connectivity index (χ4v) is 0.989. The van der Waals surface area contributed by atoms with Gasteiger partial charge in [0.25, 0.3) is 0 Å². The summed E-state index contributed by atoms with van der Waals surface area (Å²) in [6.07, 6.45) is -5.43. The van der Waals surface area contributed by atoms with Crippen molar-refractivity contribution in [2.75, 3.05) is 5.06 Å². The first-order valence-corrected chi connectivity index (χ1v) is 4.46. The lowest BCUT2D eigenvalue weighted by Gasteiger charge is -2.19. The van der Waals surface area contributed by atoms with Gasteiger partial charge in [-0.2, -0.15) is 13.2 Å². The molecule has 1 rings (SSSR count). The van der Waals surface area contributed by atoms with Gasteiger partial charge in [0.05, 0.1) is 0 Å². The number of nitrogens with two attached hydrogens (primary N) is 1. The van der Waals surface area contributed by atoms with Crippen LogP contribution in [0.5, 0.6) is 0 Å². The lowest BCUT2D eigenvalue weighted by molar-refractivity contribution is -0.199. The third kappa shape index (κ3) is 3.53. The average molecular weight is 284 g/mol. The molecule has 1 aromatic rings. The normalized spacial score (nSPS) is 11.0. The van der Waals surface area contributed by atoms with Crippen LogP contribution in [0, 0.1) is 11.6 Å². The molecule has 19 heavy (non-hydrogen) atoms. The molecule has 1 aromatic carbocycles.